The van der Waals surface area contributed by atoms with E-state index < -0.39 is 0 Å². The first-order valence-electron chi connectivity index (χ1n) is 9.92. The van der Waals surface area contributed by atoms with E-state index in [1.165, 1.54) is 16.9 Å². The van der Waals surface area contributed by atoms with E-state index in [1.807, 2.05) is 77.0 Å². The number of hydrogen-bond acceptors (Lipinski definition) is 3. The zero-order valence-corrected chi connectivity index (χ0v) is 17.1. The van der Waals surface area contributed by atoms with E-state index in [1.54, 1.807) is 0 Å². The molecular weight excluding hydrogens is 392 g/mol. The average Bonchev–Trinajstić information content (AvgIpc) is 3.32. The van der Waals surface area contributed by atoms with Crippen molar-refractivity contribution < 1.29 is 9.59 Å². The zero-order valence-electron chi connectivity index (χ0n) is 16.3. The number of hydrogen-bond donors (Lipinski definition) is 1. The molecule has 0 saturated carbocycles. The molecule has 1 aromatic heterocycles. The van der Waals surface area contributed by atoms with Gasteiger partial charge in [0.05, 0.1) is 4.88 Å². The third-order valence-corrected chi connectivity index (χ3v) is 6.37. The molecule has 5 heteroatoms. The minimum absolute atomic E-state index is 0.0706. The Morgan fingerprint density at radius 2 is 1.73 bits per heavy atom. The smallest absolute Gasteiger partial charge is 0.264 e. The van der Waals surface area contributed by atoms with Crippen molar-refractivity contribution in [2.45, 2.75) is 13.0 Å². The highest BCUT2D eigenvalue weighted by atomic mass is 32.1. The molecular formula is C25H20N2O2S. The number of carbonyl (C=O) groups excluding carboxylic acids is 2. The maximum Gasteiger partial charge on any atom is 0.264 e. The van der Waals surface area contributed by atoms with Gasteiger partial charge in [-0.1, -0.05) is 42.5 Å². The molecule has 1 aliphatic rings. The minimum Gasteiger partial charge on any atom is -0.333 e. The number of carbonyl (C=O) groups is 2. The lowest BCUT2D eigenvalue weighted by Gasteiger charge is -2.29. The Labute approximate surface area is 178 Å². The molecule has 0 unspecified atom stereocenters. The predicted molar refractivity (Wildman–Crippen MR) is 121 cm³/mol. The highest BCUT2D eigenvalue weighted by Gasteiger charge is 2.22. The number of thiophene rings is 1. The number of fused-ring (bicyclic) bond motifs is 2. The summed E-state index contributed by atoms with van der Waals surface area (Å²) in [4.78, 5) is 28.1. The molecule has 0 spiro atoms. The van der Waals surface area contributed by atoms with Gasteiger partial charge >= 0.3 is 0 Å². The molecule has 2 heterocycles. The van der Waals surface area contributed by atoms with E-state index in [0.717, 1.165) is 33.3 Å². The Balaban J connectivity index is 1.34. The molecule has 1 N–H and O–H groups in total. The Hall–Kier alpha value is -3.44. The number of amides is 2. The number of anilines is 1. The summed E-state index contributed by atoms with van der Waals surface area (Å²) in [5.41, 5.74) is 3.69. The summed E-state index contributed by atoms with van der Waals surface area (Å²) in [5, 5.41) is 7.08. The molecule has 0 aliphatic carbocycles. The molecule has 4 nitrogen and oxygen atoms in total. The standard InChI is InChI=1S/C25H20N2O2S/c28-24(20-8-7-17-4-1-2-5-19(17)14-20)26-22-10-9-18-11-12-27(16-21(18)15-22)25(29)23-6-3-13-30-23/h1-10,13-15H,11-12,16H2,(H,26,28). The lowest BCUT2D eigenvalue weighted by molar-refractivity contribution is 0.0739. The molecule has 0 fully saturated rings. The van der Waals surface area contributed by atoms with Gasteiger partial charge in [0.15, 0.2) is 0 Å². The Morgan fingerprint density at radius 1 is 0.867 bits per heavy atom. The largest absolute Gasteiger partial charge is 0.333 e. The summed E-state index contributed by atoms with van der Waals surface area (Å²) >= 11 is 1.47. The van der Waals surface area contributed by atoms with Gasteiger partial charge in [-0.3, -0.25) is 9.59 Å². The molecule has 0 atom stereocenters. The van der Waals surface area contributed by atoms with Gasteiger partial charge in [-0.25, -0.2) is 0 Å². The number of rotatable bonds is 3. The predicted octanol–water partition coefficient (Wildman–Crippen LogP) is 5.35. The van der Waals surface area contributed by atoms with Gasteiger partial charge < -0.3 is 10.2 Å². The first-order chi connectivity index (χ1) is 14.7. The summed E-state index contributed by atoms with van der Waals surface area (Å²) in [6.45, 7) is 1.28. The first kappa shape index (κ1) is 18.6. The normalized spacial score (nSPS) is 13.1. The van der Waals surface area contributed by atoms with Gasteiger partial charge in [0.25, 0.3) is 11.8 Å². The van der Waals surface area contributed by atoms with Gasteiger partial charge in [-0.2, -0.15) is 0 Å². The molecule has 5 rings (SSSR count). The molecule has 3 aromatic carbocycles. The van der Waals surface area contributed by atoms with E-state index in [9.17, 15) is 9.59 Å². The Bertz CT molecular complexity index is 1250. The average molecular weight is 413 g/mol. The van der Waals surface area contributed by atoms with Gasteiger partial charge in [0.1, 0.15) is 0 Å². The summed E-state index contributed by atoms with van der Waals surface area (Å²) in [6.07, 6.45) is 0.825. The van der Waals surface area contributed by atoms with Crippen LogP contribution in [0.3, 0.4) is 0 Å². The molecule has 0 radical (unpaired) electrons. The maximum atomic E-state index is 12.8. The fourth-order valence-corrected chi connectivity index (χ4v) is 4.59. The minimum atomic E-state index is -0.136. The third kappa shape index (κ3) is 3.60. The van der Waals surface area contributed by atoms with Gasteiger partial charge in [0, 0.05) is 24.3 Å². The summed E-state index contributed by atoms with van der Waals surface area (Å²) in [7, 11) is 0. The van der Waals surface area contributed by atoms with Gasteiger partial charge in [-0.15, -0.1) is 11.3 Å². The van der Waals surface area contributed by atoms with Crippen molar-refractivity contribution in [3.63, 3.8) is 0 Å². The van der Waals surface area contributed by atoms with Crippen molar-refractivity contribution in [3.8, 4) is 0 Å². The highest BCUT2D eigenvalue weighted by Crippen LogP contribution is 2.25. The fraction of sp³-hybridized carbons (Fsp3) is 0.120. The van der Waals surface area contributed by atoms with E-state index >= 15 is 0 Å². The van der Waals surface area contributed by atoms with Crippen molar-refractivity contribution in [1.29, 1.82) is 0 Å². The molecule has 30 heavy (non-hydrogen) atoms. The van der Waals surface area contributed by atoms with Crippen LogP contribution >= 0.6 is 11.3 Å². The second kappa shape index (κ2) is 7.76. The van der Waals surface area contributed by atoms with Crippen LogP contribution in [0.2, 0.25) is 0 Å². The molecule has 0 saturated heterocycles. The zero-order chi connectivity index (χ0) is 20.5. The Kier molecular flexibility index (Phi) is 4.81. The van der Waals surface area contributed by atoms with Crippen molar-refractivity contribution in [2.75, 3.05) is 11.9 Å². The molecule has 4 aromatic rings. The maximum absolute atomic E-state index is 12.8. The van der Waals surface area contributed by atoms with E-state index in [-0.39, 0.29) is 11.8 Å². The molecule has 2 amide bonds. The summed E-state index contributed by atoms with van der Waals surface area (Å²) in [5.74, 6) is -0.0655. The SMILES string of the molecule is O=C(Nc1ccc2c(c1)CN(C(=O)c1cccs1)CC2)c1ccc2ccccc2c1. The fourth-order valence-electron chi connectivity index (χ4n) is 3.90. The Morgan fingerprint density at radius 3 is 2.57 bits per heavy atom. The lowest BCUT2D eigenvalue weighted by Crippen LogP contribution is -2.35. The van der Waals surface area contributed by atoms with Crippen LogP contribution in [-0.2, 0) is 13.0 Å². The van der Waals surface area contributed by atoms with Crippen LogP contribution in [0.15, 0.2) is 78.2 Å². The lowest BCUT2D eigenvalue weighted by atomic mass is 9.98. The van der Waals surface area contributed by atoms with Crippen molar-refractivity contribution in [3.05, 3.63) is 99.7 Å². The van der Waals surface area contributed by atoms with Crippen LogP contribution < -0.4 is 5.32 Å². The monoisotopic (exact) mass is 412 g/mol. The van der Waals surface area contributed by atoms with Crippen LogP contribution in [0.25, 0.3) is 10.8 Å². The van der Waals surface area contributed by atoms with Crippen molar-refractivity contribution >= 4 is 39.6 Å². The summed E-state index contributed by atoms with van der Waals surface area (Å²) in [6, 6.07) is 23.5. The van der Waals surface area contributed by atoms with Crippen LogP contribution in [0.1, 0.15) is 31.2 Å². The van der Waals surface area contributed by atoms with Crippen molar-refractivity contribution in [1.82, 2.24) is 4.90 Å². The molecule has 1 aliphatic heterocycles. The van der Waals surface area contributed by atoms with Crippen LogP contribution in [-0.4, -0.2) is 23.3 Å². The van der Waals surface area contributed by atoms with E-state index in [0.29, 0.717) is 18.7 Å². The van der Waals surface area contributed by atoms with E-state index in [2.05, 4.69) is 11.4 Å². The van der Waals surface area contributed by atoms with Crippen molar-refractivity contribution in [2.24, 2.45) is 0 Å². The van der Waals surface area contributed by atoms with Gasteiger partial charge in [0.2, 0.25) is 0 Å². The second-order valence-corrected chi connectivity index (χ2v) is 8.40. The quantitative estimate of drug-likeness (QED) is 0.493. The first-order valence-corrected chi connectivity index (χ1v) is 10.8. The van der Waals surface area contributed by atoms with E-state index in [4.69, 9.17) is 0 Å². The topological polar surface area (TPSA) is 49.4 Å². The summed E-state index contributed by atoms with van der Waals surface area (Å²) < 4.78 is 0. The van der Waals surface area contributed by atoms with Crippen LogP contribution in [0.5, 0.6) is 0 Å². The van der Waals surface area contributed by atoms with Crippen LogP contribution in [0.4, 0.5) is 5.69 Å². The molecule has 148 valence electrons. The number of benzene rings is 3. The van der Waals surface area contributed by atoms with Gasteiger partial charge in [-0.05, 0) is 64.0 Å². The highest BCUT2D eigenvalue weighted by molar-refractivity contribution is 7.12. The molecule has 0 bridgehead atoms. The second-order valence-electron chi connectivity index (χ2n) is 7.45. The number of nitrogens with one attached hydrogen (secondary N) is 1. The third-order valence-electron chi connectivity index (χ3n) is 5.51. The van der Waals surface area contributed by atoms with Crippen LogP contribution in [0, 0.1) is 0 Å². The number of nitrogens with zero attached hydrogens (tertiary/aromatic N) is 1.